The van der Waals surface area contributed by atoms with Crippen molar-refractivity contribution in [1.29, 1.82) is 0 Å². The van der Waals surface area contributed by atoms with Crippen molar-refractivity contribution in [2.24, 2.45) is 39.9 Å². The van der Waals surface area contributed by atoms with E-state index in [1.807, 2.05) is 0 Å². The van der Waals surface area contributed by atoms with Crippen molar-refractivity contribution in [2.75, 3.05) is 0 Å². The zero-order chi connectivity index (χ0) is 15.6. The van der Waals surface area contributed by atoms with Gasteiger partial charge in [0.1, 0.15) is 0 Å². The Morgan fingerprint density at radius 2 is 1.55 bits per heavy atom. The number of fused-ring (bicyclic) bond motifs is 5. The molecule has 126 valence electrons. The molecule has 0 aromatic heterocycles. The van der Waals surface area contributed by atoms with Crippen molar-refractivity contribution >= 4 is 0 Å². The van der Waals surface area contributed by atoms with Crippen LogP contribution in [0.3, 0.4) is 0 Å². The largest absolute Gasteiger partial charge is 0.0648 e. The summed E-state index contributed by atoms with van der Waals surface area (Å²) < 4.78 is 0. The van der Waals surface area contributed by atoms with Gasteiger partial charge in [-0.1, -0.05) is 47.0 Å². The fraction of sp³-hybridized carbons (Fsp3) is 1.00. The van der Waals surface area contributed by atoms with E-state index in [2.05, 4.69) is 27.7 Å². The molecule has 0 heterocycles. The van der Waals surface area contributed by atoms with E-state index in [4.69, 9.17) is 0 Å². The highest BCUT2D eigenvalue weighted by atomic mass is 14.7. The van der Waals surface area contributed by atoms with Gasteiger partial charge in [-0.3, -0.25) is 0 Å². The predicted molar refractivity (Wildman–Crippen MR) is 94.7 cm³/mol. The average Bonchev–Trinajstić information content (AvgIpc) is 2.79. The summed E-state index contributed by atoms with van der Waals surface area (Å²) in [4.78, 5) is 0. The second-order valence-corrected chi connectivity index (χ2v) is 10.3. The Kier molecular flexibility index (Phi) is 3.53. The number of hydrogen-bond acceptors (Lipinski definition) is 0. The van der Waals surface area contributed by atoms with Crippen LogP contribution in [0, 0.1) is 39.9 Å². The fourth-order valence-corrected chi connectivity index (χ4v) is 8.24. The molecule has 0 N–H and O–H groups in total. The average molecular weight is 303 g/mol. The van der Waals surface area contributed by atoms with E-state index in [0.717, 1.165) is 23.7 Å². The molecule has 4 aliphatic rings. The Balaban J connectivity index is 1.65. The molecule has 0 aliphatic heterocycles. The summed E-state index contributed by atoms with van der Waals surface area (Å²) >= 11 is 0. The lowest BCUT2D eigenvalue weighted by Crippen LogP contribution is -2.53. The monoisotopic (exact) mass is 302 g/mol. The lowest BCUT2D eigenvalue weighted by Gasteiger charge is -2.61. The molecule has 1 unspecified atom stereocenters. The van der Waals surface area contributed by atoms with Crippen LogP contribution in [0.1, 0.15) is 98.3 Å². The Bertz CT molecular complexity index is 437. The highest BCUT2D eigenvalue weighted by Gasteiger charge is 2.62. The molecule has 0 nitrogen and oxygen atoms in total. The summed E-state index contributed by atoms with van der Waals surface area (Å²) in [7, 11) is 0. The second-order valence-electron chi connectivity index (χ2n) is 10.3. The first-order valence-corrected chi connectivity index (χ1v) is 10.4. The zero-order valence-electron chi connectivity index (χ0n) is 15.6. The first kappa shape index (κ1) is 15.5. The van der Waals surface area contributed by atoms with Gasteiger partial charge in [0.15, 0.2) is 0 Å². The van der Waals surface area contributed by atoms with Crippen LogP contribution in [0.5, 0.6) is 0 Å². The standard InChI is InChI=1S/C22H38/c1-5-20(2)14-11-19-17-10-9-16-8-6-7-13-21(16,3)18(17)12-15-22(19,20)4/h16-19H,5-15H2,1-4H3/t16?,17-,18+,19+,20+,21+,22+/m1/s1. The van der Waals surface area contributed by atoms with Crippen molar-refractivity contribution < 1.29 is 0 Å². The fourth-order valence-electron chi connectivity index (χ4n) is 8.24. The third-order valence-electron chi connectivity index (χ3n) is 10.1. The Hall–Kier alpha value is 0. The minimum absolute atomic E-state index is 0.632. The smallest absolute Gasteiger partial charge is 0.0241 e. The maximum atomic E-state index is 2.71. The second kappa shape index (κ2) is 5.00. The summed E-state index contributed by atoms with van der Waals surface area (Å²) in [6.45, 7) is 10.5. The molecule has 0 heteroatoms. The molecule has 0 radical (unpaired) electrons. The van der Waals surface area contributed by atoms with Gasteiger partial charge in [-0.05, 0) is 91.3 Å². The van der Waals surface area contributed by atoms with Crippen LogP contribution >= 0.6 is 0 Å². The highest BCUT2D eigenvalue weighted by Crippen LogP contribution is 2.70. The van der Waals surface area contributed by atoms with Crippen LogP contribution in [0.4, 0.5) is 0 Å². The van der Waals surface area contributed by atoms with Gasteiger partial charge in [-0.2, -0.15) is 0 Å². The molecule has 0 amide bonds. The van der Waals surface area contributed by atoms with Crippen molar-refractivity contribution in [3.05, 3.63) is 0 Å². The van der Waals surface area contributed by atoms with Crippen LogP contribution in [0.2, 0.25) is 0 Å². The van der Waals surface area contributed by atoms with Crippen LogP contribution in [0.15, 0.2) is 0 Å². The SMILES string of the molecule is CC[C@@]1(C)CC[C@H]2[C@@H]3CCC4CCCC[C@]4(C)[C@H]3CC[C@@]21C. The minimum atomic E-state index is 0.632. The lowest BCUT2D eigenvalue weighted by molar-refractivity contribution is -0.123. The first-order chi connectivity index (χ1) is 10.4. The van der Waals surface area contributed by atoms with E-state index >= 15 is 0 Å². The van der Waals surface area contributed by atoms with Gasteiger partial charge in [-0.15, -0.1) is 0 Å². The van der Waals surface area contributed by atoms with E-state index in [9.17, 15) is 0 Å². The van der Waals surface area contributed by atoms with Crippen molar-refractivity contribution in [1.82, 2.24) is 0 Å². The normalized spacial score (nSPS) is 57.8. The van der Waals surface area contributed by atoms with Crippen molar-refractivity contribution in [2.45, 2.75) is 98.3 Å². The molecule has 0 aromatic carbocycles. The van der Waals surface area contributed by atoms with Crippen LogP contribution in [0.25, 0.3) is 0 Å². The zero-order valence-corrected chi connectivity index (χ0v) is 15.6. The third-order valence-corrected chi connectivity index (χ3v) is 10.1. The third kappa shape index (κ3) is 1.82. The molecular weight excluding hydrogens is 264 g/mol. The van der Waals surface area contributed by atoms with E-state index in [1.54, 1.807) is 38.5 Å². The molecule has 4 aliphatic carbocycles. The number of rotatable bonds is 1. The van der Waals surface area contributed by atoms with Gasteiger partial charge in [0, 0.05) is 0 Å². The van der Waals surface area contributed by atoms with Gasteiger partial charge in [-0.25, -0.2) is 0 Å². The molecule has 7 atom stereocenters. The van der Waals surface area contributed by atoms with Crippen molar-refractivity contribution in [3.63, 3.8) is 0 Å². The quantitative estimate of drug-likeness (QED) is 0.497. The van der Waals surface area contributed by atoms with Gasteiger partial charge in [0.05, 0.1) is 0 Å². The summed E-state index contributed by atoms with van der Waals surface area (Å²) in [6, 6.07) is 0. The van der Waals surface area contributed by atoms with E-state index in [-0.39, 0.29) is 0 Å². The van der Waals surface area contributed by atoms with Crippen molar-refractivity contribution in [3.8, 4) is 0 Å². The van der Waals surface area contributed by atoms with E-state index < -0.39 is 0 Å². The molecule has 4 fully saturated rings. The van der Waals surface area contributed by atoms with E-state index in [0.29, 0.717) is 16.2 Å². The summed E-state index contributed by atoms with van der Waals surface area (Å²) in [6.07, 6.45) is 16.8. The lowest BCUT2D eigenvalue weighted by atomic mass is 9.43. The molecule has 0 bridgehead atoms. The summed E-state index contributed by atoms with van der Waals surface area (Å²) in [5.74, 6) is 4.28. The van der Waals surface area contributed by atoms with Gasteiger partial charge in [0.25, 0.3) is 0 Å². The molecule has 4 saturated carbocycles. The highest BCUT2D eigenvalue weighted by molar-refractivity contribution is 5.11. The van der Waals surface area contributed by atoms with Gasteiger partial charge in [0.2, 0.25) is 0 Å². The van der Waals surface area contributed by atoms with Gasteiger partial charge >= 0.3 is 0 Å². The van der Waals surface area contributed by atoms with Crippen LogP contribution in [-0.4, -0.2) is 0 Å². The molecule has 0 spiro atoms. The molecule has 0 saturated heterocycles. The van der Waals surface area contributed by atoms with Crippen LogP contribution in [-0.2, 0) is 0 Å². The van der Waals surface area contributed by atoms with Gasteiger partial charge < -0.3 is 0 Å². The maximum absolute atomic E-state index is 2.71. The van der Waals surface area contributed by atoms with Crippen LogP contribution < -0.4 is 0 Å². The Labute approximate surface area is 138 Å². The summed E-state index contributed by atoms with van der Waals surface area (Å²) in [5.41, 5.74) is 2.00. The predicted octanol–water partition coefficient (Wildman–Crippen LogP) is 6.84. The number of hydrogen-bond donors (Lipinski definition) is 0. The molecule has 22 heavy (non-hydrogen) atoms. The van der Waals surface area contributed by atoms with E-state index in [1.165, 1.54) is 32.1 Å². The first-order valence-electron chi connectivity index (χ1n) is 10.4. The topological polar surface area (TPSA) is 0 Å². The minimum Gasteiger partial charge on any atom is -0.0648 e. The Morgan fingerprint density at radius 1 is 0.773 bits per heavy atom. The Morgan fingerprint density at radius 3 is 2.32 bits per heavy atom. The summed E-state index contributed by atoms with van der Waals surface area (Å²) in [5, 5.41) is 0. The molecule has 4 rings (SSSR count). The molecule has 0 aromatic rings. The molecular formula is C22H38. The maximum Gasteiger partial charge on any atom is -0.0241 e.